The largest absolute Gasteiger partial charge is 0.340 e. The molecule has 2 fully saturated rings. The van der Waals surface area contributed by atoms with E-state index >= 15 is 0 Å². The molecule has 0 atom stereocenters. The molecule has 126 valence electrons. The summed E-state index contributed by atoms with van der Waals surface area (Å²) < 4.78 is 1.89. The van der Waals surface area contributed by atoms with E-state index in [2.05, 4.69) is 39.2 Å². The summed E-state index contributed by atoms with van der Waals surface area (Å²) in [7, 11) is 0. The van der Waals surface area contributed by atoms with Crippen LogP contribution in [0, 0.1) is 5.92 Å². The van der Waals surface area contributed by atoms with Crippen molar-refractivity contribution in [3.8, 4) is 5.69 Å². The lowest BCUT2D eigenvalue weighted by molar-refractivity contribution is -0.140. The lowest BCUT2D eigenvalue weighted by Gasteiger charge is -2.38. The number of benzene rings is 1. The van der Waals surface area contributed by atoms with Gasteiger partial charge in [0.1, 0.15) is 0 Å². The lowest BCUT2D eigenvalue weighted by Crippen LogP contribution is -2.50. The van der Waals surface area contributed by atoms with E-state index in [1.165, 1.54) is 12.0 Å². The molecular weight excluding hydrogens is 300 g/mol. The van der Waals surface area contributed by atoms with Crippen LogP contribution in [-0.4, -0.2) is 51.7 Å². The van der Waals surface area contributed by atoms with Gasteiger partial charge in [-0.15, -0.1) is 0 Å². The Kier molecular flexibility index (Phi) is 4.34. The predicted molar refractivity (Wildman–Crippen MR) is 92.8 cm³/mol. The third kappa shape index (κ3) is 3.22. The zero-order chi connectivity index (χ0) is 16.4. The van der Waals surface area contributed by atoms with E-state index in [1.807, 2.05) is 16.9 Å². The molecule has 24 heavy (non-hydrogen) atoms. The summed E-state index contributed by atoms with van der Waals surface area (Å²) in [5.41, 5.74) is 2.39. The van der Waals surface area contributed by atoms with Crippen molar-refractivity contribution in [2.75, 3.05) is 26.2 Å². The van der Waals surface area contributed by atoms with Gasteiger partial charge < -0.3 is 4.90 Å². The minimum atomic E-state index is 0.322. The molecule has 2 heterocycles. The number of piperazine rings is 1. The van der Waals surface area contributed by atoms with Crippen LogP contribution in [0.3, 0.4) is 0 Å². The maximum absolute atomic E-state index is 12.3. The van der Waals surface area contributed by atoms with Crippen LogP contribution < -0.4 is 0 Å². The number of hydrogen-bond acceptors (Lipinski definition) is 3. The average Bonchev–Trinajstić information content (AvgIpc) is 3.09. The molecule has 1 amide bonds. The molecular formula is C19H24N4O. The van der Waals surface area contributed by atoms with E-state index in [1.54, 1.807) is 6.20 Å². The molecule has 0 bridgehead atoms. The summed E-state index contributed by atoms with van der Waals surface area (Å²) in [6.45, 7) is 4.60. The first-order chi connectivity index (χ1) is 11.8. The highest BCUT2D eigenvalue weighted by Gasteiger charge is 2.31. The molecule has 1 aliphatic carbocycles. The van der Waals surface area contributed by atoms with Crippen LogP contribution in [-0.2, 0) is 11.3 Å². The molecule has 2 aliphatic rings. The first-order valence-electron chi connectivity index (χ1n) is 8.90. The fourth-order valence-electron chi connectivity index (χ4n) is 3.52. The number of carbonyl (C=O) groups is 1. The highest BCUT2D eigenvalue weighted by Crippen LogP contribution is 2.28. The molecule has 4 rings (SSSR count). The Morgan fingerprint density at radius 1 is 1.12 bits per heavy atom. The van der Waals surface area contributed by atoms with Gasteiger partial charge in [0.05, 0.1) is 5.69 Å². The number of aromatic nitrogens is 2. The number of nitrogens with zero attached hydrogens (tertiary/aromatic N) is 4. The molecule has 0 radical (unpaired) electrons. The Bertz CT molecular complexity index is 685. The first kappa shape index (κ1) is 15.4. The maximum Gasteiger partial charge on any atom is 0.225 e. The monoisotopic (exact) mass is 324 g/mol. The van der Waals surface area contributed by atoms with Crippen molar-refractivity contribution in [3.05, 3.63) is 48.3 Å². The van der Waals surface area contributed by atoms with E-state index in [0.29, 0.717) is 11.8 Å². The van der Waals surface area contributed by atoms with Crippen LogP contribution in [0.2, 0.25) is 0 Å². The Balaban J connectivity index is 1.34. The third-order valence-corrected chi connectivity index (χ3v) is 5.22. The van der Waals surface area contributed by atoms with Crippen molar-refractivity contribution in [3.63, 3.8) is 0 Å². The molecule has 1 saturated carbocycles. The maximum atomic E-state index is 12.3. The molecule has 1 aromatic carbocycles. The smallest absolute Gasteiger partial charge is 0.225 e. The van der Waals surface area contributed by atoms with E-state index in [0.717, 1.165) is 51.3 Å². The summed E-state index contributed by atoms with van der Waals surface area (Å²) in [5, 5.41) is 4.29. The van der Waals surface area contributed by atoms with Gasteiger partial charge in [0.2, 0.25) is 5.91 Å². The predicted octanol–water partition coefficient (Wildman–Crippen LogP) is 2.32. The second-order valence-corrected chi connectivity index (χ2v) is 6.85. The van der Waals surface area contributed by atoms with Gasteiger partial charge in [0.25, 0.3) is 0 Å². The van der Waals surface area contributed by atoms with E-state index in [4.69, 9.17) is 0 Å². The summed E-state index contributed by atoms with van der Waals surface area (Å²) >= 11 is 0. The fraction of sp³-hybridized carbons (Fsp3) is 0.474. The first-order valence-corrected chi connectivity index (χ1v) is 8.90. The van der Waals surface area contributed by atoms with Crippen LogP contribution in [0.1, 0.15) is 24.8 Å². The second kappa shape index (κ2) is 6.77. The van der Waals surface area contributed by atoms with Crippen molar-refractivity contribution in [1.29, 1.82) is 0 Å². The lowest BCUT2D eigenvalue weighted by atomic mass is 9.84. The van der Waals surface area contributed by atoms with Crippen molar-refractivity contribution in [2.45, 2.75) is 25.8 Å². The summed E-state index contributed by atoms with van der Waals surface area (Å²) in [5.74, 6) is 0.712. The molecule has 1 aromatic heterocycles. The van der Waals surface area contributed by atoms with E-state index in [9.17, 15) is 4.79 Å². The minimum Gasteiger partial charge on any atom is -0.340 e. The number of hydrogen-bond donors (Lipinski definition) is 0. The molecule has 0 unspecified atom stereocenters. The molecule has 1 saturated heterocycles. The Hall–Kier alpha value is -2.14. The summed E-state index contributed by atoms with van der Waals surface area (Å²) in [6, 6.07) is 10.5. The zero-order valence-corrected chi connectivity index (χ0v) is 14.0. The summed E-state index contributed by atoms with van der Waals surface area (Å²) in [6.07, 6.45) is 7.18. The molecule has 5 nitrogen and oxygen atoms in total. The number of rotatable bonds is 4. The highest BCUT2D eigenvalue weighted by molar-refractivity contribution is 5.79. The van der Waals surface area contributed by atoms with Gasteiger partial charge in [-0.05, 0) is 36.6 Å². The second-order valence-electron chi connectivity index (χ2n) is 6.85. The highest BCUT2D eigenvalue weighted by atomic mass is 16.2. The van der Waals surface area contributed by atoms with Crippen LogP contribution in [0.5, 0.6) is 0 Å². The normalized spacial score (nSPS) is 19.2. The van der Waals surface area contributed by atoms with Gasteiger partial charge >= 0.3 is 0 Å². The van der Waals surface area contributed by atoms with Crippen molar-refractivity contribution < 1.29 is 4.79 Å². The number of carbonyl (C=O) groups excluding carboxylic acids is 1. The molecule has 1 aliphatic heterocycles. The SMILES string of the molecule is O=C(C1CCC1)N1CCN(Cc2cccc(-n3cccn3)c2)CC1. The fourth-order valence-corrected chi connectivity index (χ4v) is 3.52. The van der Waals surface area contributed by atoms with Crippen molar-refractivity contribution in [2.24, 2.45) is 5.92 Å². The van der Waals surface area contributed by atoms with Crippen molar-refractivity contribution >= 4 is 5.91 Å². The van der Waals surface area contributed by atoms with Crippen LogP contribution in [0.15, 0.2) is 42.7 Å². The Morgan fingerprint density at radius 3 is 2.62 bits per heavy atom. The van der Waals surface area contributed by atoms with Gasteiger partial charge in [0, 0.05) is 51.0 Å². The van der Waals surface area contributed by atoms with Gasteiger partial charge in [-0.1, -0.05) is 18.6 Å². The zero-order valence-electron chi connectivity index (χ0n) is 14.0. The molecule has 0 spiro atoms. The number of amides is 1. The Morgan fingerprint density at radius 2 is 1.96 bits per heavy atom. The topological polar surface area (TPSA) is 41.4 Å². The summed E-state index contributed by atoms with van der Waals surface area (Å²) in [4.78, 5) is 16.8. The van der Waals surface area contributed by atoms with Gasteiger partial charge in [0.15, 0.2) is 0 Å². The van der Waals surface area contributed by atoms with Gasteiger partial charge in [-0.2, -0.15) is 5.10 Å². The minimum absolute atomic E-state index is 0.322. The van der Waals surface area contributed by atoms with E-state index in [-0.39, 0.29) is 0 Å². The standard InChI is InChI=1S/C19H24N4O/c24-19(17-5-2-6-17)22-12-10-21(11-13-22)15-16-4-1-7-18(14-16)23-9-3-8-20-23/h1,3-4,7-9,14,17H,2,5-6,10-13,15H2. The quantitative estimate of drug-likeness (QED) is 0.867. The molecule has 5 heteroatoms. The van der Waals surface area contributed by atoms with Gasteiger partial charge in [-0.3, -0.25) is 9.69 Å². The molecule has 0 N–H and O–H groups in total. The van der Waals surface area contributed by atoms with Crippen LogP contribution in [0.25, 0.3) is 5.69 Å². The average molecular weight is 324 g/mol. The van der Waals surface area contributed by atoms with Crippen molar-refractivity contribution in [1.82, 2.24) is 19.6 Å². The Labute approximate surface area is 142 Å². The van der Waals surface area contributed by atoms with Crippen LogP contribution >= 0.6 is 0 Å². The van der Waals surface area contributed by atoms with E-state index < -0.39 is 0 Å². The molecule has 2 aromatic rings. The van der Waals surface area contributed by atoms with Crippen LogP contribution in [0.4, 0.5) is 0 Å². The third-order valence-electron chi connectivity index (χ3n) is 5.22. The van der Waals surface area contributed by atoms with Gasteiger partial charge in [-0.25, -0.2) is 4.68 Å².